The summed E-state index contributed by atoms with van der Waals surface area (Å²) in [5.41, 5.74) is 1.23. The molecule has 1 fully saturated rings. The molecule has 92 valence electrons. The predicted molar refractivity (Wildman–Crippen MR) is 66.9 cm³/mol. The molecule has 1 heterocycles. The lowest BCUT2D eigenvalue weighted by Gasteiger charge is -2.31. The van der Waals surface area contributed by atoms with Crippen LogP contribution >= 0.6 is 0 Å². The van der Waals surface area contributed by atoms with Gasteiger partial charge in [-0.2, -0.15) is 0 Å². The minimum atomic E-state index is 0.666. The monoisotopic (exact) mass is 224 g/mol. The van der Waals surface area contributed by atoms with Crippen LogP contribution in [0.5, 0.6) is 0 Å². The Labute approximate surface area is 100 Å². The van der Waals surface area contributed by atoms with Crippen molar-refractivity contribution in [2.75, 3.05) is 40.9 Å². The van der Waals surface area contributed by atoms with Crippen LogP contribution in [0.4, 0.5) is 0 Å². The Morgan fingerprint density at radius 1 is 1.56 bits per heavy atom. The highest BCUT2D eigenvalue weighted by atomic mass is 16.5. The highest BCUT2D eigenvalue weighted by molar-refractivity contribution is 5.03. The first-order valence-electron chi connectivity index (χ1n) is 5.97. The quantitative estimate of drug-likeness (QED) is 0.709. The first kappa shape index (κ1) is 13.5. The van der Waals surface area contributed by atoms with Gasteiger partial charge in [-0.25, -0.2) is 0 Å². The van der Waals surface area contributed by atoms with Gasteiger partial charge in [-0.05, 0) is 38.3 Å². The summed E-state index contributed by atoms with van der Waals surface area (Å²) in [6.45, 7) is 8.53. The molecule has 3 nitrogen and oxygen atoms in total. The molecule has 1 saturated heterocycles. The molecule has 0 aromatic heterocycles. The second-order valence-corrected chi connectivity index (χ2v) is 4.72. The number of methoxy groups -OCH3 is 1. The Kier molecular flexibility index (Phi) is 5.85. The number of hydrogen-bond acceptors (Lipinski definition) is 3. The molecular weight excluding hydrogens is 200 g/mol. The van der Waals surface area contributed by atoms with Crippen LogP contribution in [0.2, 0.25) is 0 Å². The maximum absolute atomic E-state index is 5.22. The van der Waals surface area contributed by atoms with Crippen LogP contribution < -0.4 is 0 Å². The first-order chi connectivity index (χ1) is 7.63. The average Bonchev–Trinajstić information content (AvgIpc) is 2.26. The molecule has 0 saturated carbocycles. The van der Waals surface area contributed by atoms with Gasteiger partial charge in [0.25, 0.3) is 0 Å². The van der Waals surface area contributed by atoms with Gasteiger partial charge in [0.2, 0.25) is 0 Å². The number of allylic oxidation sites excluding steroid dienone is 1. The predicted octanol–water partition coefficient (Wildman–Crippen LogP) is 1.85. The van der Waals surface area contributed by atoms with Gasteiger partial charge in [0.15, 0.2) is 0 Å². The van der Waals surface area contributed by atoms with Gasteiger partial charge >= 0.3 is 0 Å². The Bertz CT molecular complexity index is 224. The molecule has 0 bridgehead atoms. The fourth-order valence-corrected chi connectivity index (χ4v) is 1.87. The minimum absolute atomic E-state index is 0.666. The van der Waals surface area contributed by atoms with Crippen molar-refractivity contribution in [3.63, 3.8) is 0 Å². The van der Waals surface area contributed by atoms with E-state index in [1.807, 2.05) is 0 Å². The number of likely N-dealkylation sites (tertiary alicyclic amines) is 1. The van der Waals surface area contributed by atoms with E-state index in [-0.39, 0.29) is 0 Å². The van der Waals surface area contributed by atoms with Gasteiger partial charge in [0.05, 0.1) is 13.2 Å². The van der Waals surface area contributed by atoms with Gasteiger partial charge in [-0.1, -0.05) is 0 Å². The largest absolute Gasteiger partial charge is 0.384 e. The van der Waals surface area contributed by atoms with E-state index in [4.69, 9.17) is 4.74 Å². The summed E-state index contributed by atoms with van der Waals surface area (Å²) in [7, 11) is 5.89. The van der Waals surface area contributed by atoms with E-state index in [0.29, 0.717) is 5.92 Å². The first-order valence-corrected chi connectivity index (χ1v) is 5.97. The molecule has 0 unspecified atom stereocenters. The van der Waals surface area contributed by atoms with Crippen LogP contribution in [0.15, 0.2) is 11.8 Å². The zero-order valence-corrected chi connectivity index (χ0v) is 11.0. The van der Waals surface area contributed by atoms with Gasteiger partial charge < -0.3 is 9.64 Å². The molecule has 0 amide bonds. The molecule has 0 aromatic carbocycles. The van der Waals surface area contributed by atoms with Gasteiger partial charge in [-0.15, -0.1) is 0 Å². The summed E-state index contributed by atoms with van der Waals surface area (Å²) in [5, 5.41) is 0. The van der Waals surface area contributed by atoms with Crippen molar-refractivity contribution >= 4 is 0 Å². The van der Waals surface area contributed by atoms with Gasteiger partial charge in [-0.3, -0.25) is 4.90 Å². The van der Waals surface area contributed by atoms with Crippen LogP contribution in [0.25, 0.3) is 0 Å². The van der Waals surface area contributed by atoms with E-state index in [2.05, 4.69) is 43.4 Å². The zero-order chi connectivity index (χ0) is 12.0. The summed E-state index contributed by atoms with van der Waals surface area (Å²) in [6, 6.07) is 0. The van der Waals surface area contributed by atoms with E-state index < -0.39 is 0 Å². The van der Waals surface area contributed by atoms with Crippen LogP contribution in [-0.2, 0) is 4.74 Å². The van der Waals surface area contributed by atoms with E-state index in [1.54, 1.807) is 7.11 Å². The van der Waals surface area contributed by atoms with Gasteiger partial charge in [0, 0.05) is 33.4 Å². The third kappa shape index (κ3) is 4.54. The fraction of sp³-hybridized carbons (Fsp3) is 0.769. The lowest BCUT2D eigenvalue weighted by molar-refractivity contribution is 0.104. The Hall–Kier alpha value is -0.540. The smallest absolute Gasteiger partial charge is 0.0901 e. The summed E-state index contributed by atoms with van der Waals surface area (Å²) < 4.78 is 5.22. The topological polar surface area (TPSA) is 15.7 Å². The Morgan fingerprint density at radius 3 is 2.94 bits per heavy atom. The van der Waals surface area contributed by atoms with Crippen LogP contribution in [-0.4, -0.2) is 50.7 Å². The van der Waals surface area contributed by atoms with Crippen molar-refractivity contribution in [2.45, 2.75) is 19.8 Å². The van der Waals surface area contributed by atoms with Crippen molar-refractivity contribution in [1.29, 1.82) is 0 Å². The lowest BCUT2D eigenvalue weighted by atomic mass is 9.99. The number of ether oxygens (including phenoxy) is 1. The number of rotatable bonds is 5. The van der Waals surface area contributed by atoms with Crippen molar-refractivity contribution in [3.8, 4) is 0 Å². The van der Waals surface area contributed by atoms with Crippen LogP contribution in [0.3, 0.4) is 0 Å². The molecule has 2 radical (unpaired) electrons. The van der Waals surface area contributed by atoms with E-state index in [1.165, 1.54) is 18.5 Å². The number of hydrogen-bond donors (Lipinski definition) is 0. The third-order valence-electron chi connectivity index (χ3n) is 3.08. The summed E-state index contributed by atoms with van der Waals surface area (Å²) >= 11 is 0. The number of nitrogens with zero attached hydrogens (tertiary/aromatic N) is 2. The molecule has 1 aliphatic rings. The normalized spacial score (nSPS) is 23.5. The molecule has 3 heteroatoms. The minimum Gasteiger partial charge on any atom is -0.384 e. The highest BCUT2D eigenvalue weighted by Crippen LogP contribution is 2.18. The summed E-state index contributed by atoms with van der Waals surface area (Å²) in [5.74, 6) is 0.666. The second-order valence-electron chi connectivity index (χ2n) is 4.72. The van der Waals surface area contributed by atoms with Crippen molar-refractivity contribution in [3.05, 3.63) is 18.3 Å². The second kappa shape index (κ2) is 6.92. The summed E-state index contributed by atoms with van der Waals surface area (Å²) in [4.78, 5) is 4.38. The van der Waals surface area contributed by atoms with E-state index in [9.17, 15) is 0 Å². The average molecular weight is 224 g/mol. The lowest BCUT2D eigenvalue weighted by Crippen LogP contribution is -2.35. The van der Waals surface area contributed by atoms with E-state index in [0.717, 1.165) is 19.7 Å². The van der Waals surface area contributed by atoms with Crippen LogP contribution in [0, 0.1) is 12.5 Å². The molecule has 1 atom stereocenters. The molecule has 0 spiro atoms. The Balaban J connectivity index is 2.34. The van der Waals surface area contributed by atoms with E-state index >= 15 is 0 Å². The molecule has 0 aromatic rings. The van der Waals surface area contributed by atoms with Crippen molar-refractivity contribution in [2.24, 2.45) is 5.92 Å². The van der Waals surface area contributed by atoms with Gasteiger partial charge in [0.1, 0.15) is 0 Å². The molecule has 0 aliphatic carbocycles. The Morgan fingerprint density at radius 2 is 2.31 bits per heavy atom. The molecular formula is C13H24N2O. The standard InChI is InChI=1S/C13H24N2O/c1-12(14(2)3)7-9-15-8-5-6-13(10-15)11-16-4/h7,13H,5-6,8,10-11H2,1-4H3/b12-7+/t13-/m0/s1. The summed E-state index contributed by atoms with van der Waals surface area (Å²) in [6.07, 6.45) is 4.59. The fourth-order valence-electron chi connectivity index (χ4n) is 1.87. The number of piperidine rings is 1. The molecule has 0 N–H and O–H groups in total. The van der Waals surface area contributed by atoms with Crippen molar-refractivity contribution in [1.82, 2.24) is 9.80 Å². The molecule has 1 aliphatic heterocycles. The molecule has 16 heavy (non-hydrogen) atoms. The highest BCUT2D eigenvalue weighted by Gasteiger charge is 2.19. The SMILES string of the molecule is COC[C@H]1CCCN([C]/C=C(\C)N(C)C)C1. The maximum Gasteiger partial charge on any atom is 0.0901 e. The zero-order valence-electron chi connectivity index (χ0n) is 11.0. The maximum atomic E-state index is 5.22. The third-order valence-corrected chi connectivity index (χ3v) is 3.08. The van der Waals surface area contributed by atoms with Crippen LogP contribution in [0.1, 0.15) is 19.8 Å². The van der Waals surface area contributed by atoms with Crippen molar-refractivity contribution < 1.29 is 4.74 Å². The molecule has 1 rings (SSSR count).